The van der Waals surface area contributed by atoms with Crippen molar-refractivity contribution in [3.05, 3.63) is 69.3 Å². The first kappa shape index (κ1) is 20.6. The number of carbonyl (C=O) groups is 1. The van der Waals surface area contributed by atoms with Gasteiger partial charge in [0.1, 0.15) is 23.1 Å². The molecule has 0 aromatic heterocycles. The number of nitrogens with zero attached hydrogens (tertiary/aromatic N) is 2. The van der Waals surface area contributed by atoms with E-state index in [0.29, 0.717) is 23.5 Å². The third-order valence-electron chi connectivity index (χ3n) is 3.92. The van der Waals surface area contributed by atoms with Crippen LogP contribution in [0.4, 0.5) is 11.4 Å². The highest BCUT2D eigenvalue weighted by molar-refractivity contribution is 6.10. The Labute approximate surface area is 163 Å². The fourth-order valence-corrected chi connectivity index (χ4v) is 2.40. The minimum Gasteiger partial charge on any atom is -0.494 e. The molecule has 2 rings (SSSR count). The molecule has 2 aromatic rings. The van der Waals surface area contributed by atoms with Gasteiger partial charge in [0.05, 0.1) is 11.5 Å². The number of hydrogen-bond acceptors (Lipinski definition) is 5. The zero-order valence-electron chi connectivity index (χ0n) is 15.8. The van der Waals surface area contributed by atoms with Crippen molar-refractivity contribution in [2.45, 2.75) is 26.7 Å². The molecule has 7 nitrogen and oxygen atoms in total. The van der Waals surface area contributed by atoms with Crippen LogP contribution in [0.2, 0.25) is 0 Å². The van der Waals surface area contributed by atoms with E-state index >= 15 is 0 Å². The van der Waals surface area contributed by atoms with Gasteiger partial charge < -0.3 is 10.1 Å². The van der Waals surface area contributed by atoms with E-state index in [0.717, 1.165) is 12.8 Å². The maximum Gasteiger partial charge on any atom is 0.293 e. The van der Waals surface area contributed by atoms with Crippen molar-refractivity contribution in [2.24, 2.45) is 0 Å². The zero-order valence-corrected chi connectivity index (χ0v) is 15.8. The highest BCUT2D eigenvalue weighted by atomic mass is 16.6. The molecule has 0 spiro atoms. The Morgan fingerprint density at radius 3 is 2.61 bits per heavy atom. The van der Waals surface area contributed by atoms with Crippen molar-refractivity contribution in [3.63, 3.8) is 0 Å². The van der Waals surface area contributed by atoms with Crippen LogP contribution >= 0.6 is 0 Å². The zero-order chi connectivity index (χ0) is 20.5. The molecule has 28 heavy (non-hydrogen) atoms. The van der Waals surface area contributed by atoms with Crippen molar-refractivity contribution in [1.82, 2.24) is 0 Å². The van der Waals surface area contributed by atoms with Gasteiger partial charge in [0.25, 0.3) is 11.6 Å². The molecule has 2 aromatic carbocycles. The minimum absolute atomic E-state index is 0.0430. The molecule has 7 heteroatoms. The van der Waals surface area contributed by atoms with E-state index in [1.54, 1.807) is 37.3 Å². The standard InChI is InChI=1S/C21H21N3O4/c1-3-4-11-28-18-8-6-16(7-9-18)13-17(14-22)21(25)23-19-10-5-15(2)12-20(19)24(26)27/h5-10,12-13H,3-4,11H2,1-2H3,(H,23,25)/b17-13+. The molecule has 1 N–H and O–H groups in total. The molecule has 0 radical (unpaired) electrons. The largest absolute Gasteiger partial charge is 0.494 e. The van der Waals surface area contributed by atoms with E-state index in [2.05, 4.69) is 12.2 Å². The molecule has 0 unspecified atom stereocenters. The molecular formula is C21H21N3O4. The number of nitriles is 1. The third-order valence-corrected chi connectivity index (χ3v) is 3.92. The average molecular weight is 379 g/mol. The summed E-state index contributed by atoms with van der Waals surface area (Å²) in [6.45, 7) is 4.43. The Hall–Kier alpha value is -3.66. The number of amides is 1. The third kappa shape index (κ3) is 5.68. The Morgan fingerprint density at radius 2 is 2.00 bits per heavy atom. The number of aryl methyl sites for hydroxylation is 1. The second-order valence-electron chi connectivity index (χ2n) is 6.17. The summed E-state index contributed by atoms with van der Waals surface area (Å²) in [6, 6.07) is 13.3. The number of carbonyl (C=O) groups excluding carboxylic acids is 1. The van der Waals surface area contributed by atoms with Gasteiger partial charge in [-0.25, -0.2) is 0 Å². The topological polar surface area (TPSA) is 105 Å². The first-order valence-electron chi connectivity index (χ1n) is 8.85. The lowest BCUT2D eigenvalue weighted by atomic mass is 10.1. The highest BCUT2D eigenvalue weighted by Crippen LogP contribution is 2.26. The summed E-state index contributed by atoms with van der Waals surface area (Å²) in [5.74, 6) is 0.00145. The van der Waals surface area contributed by atoms with Gasteiger partial charge in [0, 0.05) is 6.07 Å². The van der Waals surface area contributed by atoms with E-state index in [1.807, 2.05) is 6.07 Å². The lowest BCUT2D eigenvalue weighted by molar-refractivity contribution is -0.384. The summed E-state index contributed by atoms with van der Waals surface area (Å²) in [5, 5.41) is 22.9. The fraction of sp³-hybridized carbons (Fsp3) is 0.238. The van der Waals surface area contributed by atoms with Crippen molar-refractivity contribution < 1.29 is 14.5 Å². The smallest absolute Gasteiger partial charge is 0.293 e. The molecular weight excluding hydrogens is 358 g/mol. The van der Waals surface area contributed by atoms with Gasteiger partial charge in [-0.15, -0.1) is 0 Å². The number of unbranched alkanes of at least 4 members (excludes halogenated alkanes) is 1. The first-order valence-corrected chi connectivity index (χ1v) is 8.85. The molecule has 0 heterocycles. The van der Waals surface area contributed by atoms with Crippen LogP contribution in [0, 0.1) is 28.4 Å². The second kappa shape index (κ2) is 9.88. The van der Waals surface area contributed by atoms with Gasteiger partial charge in [0.2, 0.25) is 0 Å². The number of nitrogens with one attached hydrogen (secondary N) is 1. The number of ether oxygens (including phenoxy) is 1. The number of nitro benzene ring substituents is 1. The normalized spacial score (nSPS) is 10.8. The SMILES string of the molecule is CCCCOc1ccc(/C=C(\C#N)C(=O)Nc2ccc(C)cc2[N+](=O)[O-])cc1. The second-order valence-corrected chi connectivity index (χ2v) is 6.17. The Morgan fingerprint density at radius 1 is 1.29 bits per heavy atom. The lowest BCUT2D eigenvalue weighted by Crippen LogP contribution is -2.14. The van der Waals surface area contributed by atoms with E-state index in [1.165, 1.54) is 18.2 Å². The molecule has 0 aliphatic carbocycles. The Bertz CT molecular complexity index is 928. The summed E-state index contributed by atoms with van der Waals surface area (Å²) >= 11 is 0. The van der Waals surface area contributed by atoms with E-state index in [9.17, 15) is 20.2 Å². The maximum absolute atomic E-state index is 12.4. The van der Waals surface area contributed by atoms with Crippen LogP contribution in [-0.4, -0.2) is 17.4 Å². The van der Waals surface area contributed by atoms with Crippen molar-refractivity contribution in [2.75, 3.05) is 11.9 Å². The quantitative estimate of drug-likeness (QED) is 0.237. The van der Waals surface area contributed by atoms with Gasteiger partial charge >= 0.3 is 0 Å². The predicted octanol–water partition coefficient (Wildman–Crippen LogP) is 4.63. The molecule has 0 saturated heterocycles. The Kier molecular flexibility index (Phi) is 7.28. The van der Waals surface area contributed by atoms with Crippen LogP contribution in [0.25, 0.3) is 6.08 Å². The number of nitro groups is 1. The van der Waals surface area contributed by atoms with Crippen LogP contribution in [0.1, 0.15) is 30.9 Å². The molecule has 0 aliphatic heterocycles. The summed E-state index contributed by atoms with van der Waals surface area (Å²) < 4.78 is 5.58. The van der Waals surface area contributed by atoms with Gasteiger partial charge in [-0.05, 0) is 48.7 Å². The summed E-state index contributed by atoms with van der Waals surface area (Å²) in [4.78, 5) is 23.0. The Balaban J connectivity index is 2.15. The van der Waals surface area contributed by atoms with Crippen LogP contribution in [0.3, 0.4) is 0 Å². The van der Waals surface area contributed by atoms with Gasteiger partial charge in [0.15, 0.2) is 0 Å². The van der Waals surface area contributed by atoms with Gasteiger partial charge in [-0.3, -0.25) is 14.9 Å². The molecule has 0 bridgehead atoms. The van der Waals surface area contributed by atoms with Gasteiger partial charge in [-0.2, -0.15) is 5.26 Å². The van der Waals surface area contributed by atoms with E-state index in [-0.39, 0.29) is 16.9 Å². The van der Waals surface area contributed by atoms with Crippen molar-refractivity contribution >= 4 is 23.4 Å². The van der Waals surface area contributed by atoms with Crippen LogP contribution < -0.4 is 10.1 Å². The first-order chi connectivity index (χ1) is 13.4. The number of anilines is 1. The lowest BCUT2D eigenvalue weighted by Gasteiger charge is -2.07. The number of benzene rings is 2. The minimum atomic E-state index is -0.710. The predicted molar refractivity (Wildman–Crippen MR) is 107 cm³/mol. The highest BCUT2D eigenvalue weighted by Gasteiger charge is 2.18. The molecule has 0 aliphatic rings. The van der Waals surface area contributed by atoms with Gasteiger partial charge in [-0.1, -0.05) is 31.5 Å². The van der Waals surface area contributed by atoms with Crippen molar-refractivity contribution in [3.8, 4) is 11.8 Å². The van der Waals surface area contributed by atoms with Crippen LogP contribution in [-0.2, 0) is 4.79 Å². The monoisotopic (exact) mass is 379 g/mol. The number of hydrogen-bond donors (Lipinski definition) is 1. The van der Waals surface area contributed by atoms with E-state index < -0.39 is 10.8 Å². The molecule has 0 atom stereocenters. The molecule has 0 fully saturated rings. The summed E-state index contributed by atoms with van der Waals surface area (Å²) in [5.41, 5.74) is 1.00. The van der Waals surface area contributed by atoms with Crippen LogP contribution in [0.15, 0.2) is 48.0 Å². The molecule has 1 amide bonds. The average Bonchev–Trinajstić information content (AvgIpc) is 2.68. The maximum atomic E-state index is 12.4. The summed E-state index contributed by atoms with van der Waals surface area (Å²) in [7, 11) is 0. The summed E-state index contributed by atoms with van der Waals surface area (Å²) in [6.07, 6.45) is 3.43. The van der Waals surface area contributed by atoms with Crippen molar-refractivity contribution in [1.29, 1.82) is 5.26 Å². The van der Waals surface area contributed by atoms with Crippen LogP contribution in [0.5, 0.6) is 5.75 Å². The van der Waals surface area contributed by atoms with E-state index in [4.69, 9.17) is 4.74 Å². The fourth-order valence-electron chi connectivity index (χ4n) is 2.40. The molecule has 0 saturated carbocycles. The molecule has 144 valence electrons. The number of rotatable bonds is 8.